The zero-order chi connectivity index (χ0) is 17.7. The smallest absolute Gasteiger partial charge is 0.395 e. The molecule has 1 heterocycles. The molecule has 0 atom stereocenters. The highest BCUT2D eigenvalue weighted by atomic mass is 35.5. The predicted molar refractivity (Wildman–Crippen MR) is 86.5 cm³/mol. The van der Waals surface area contributed by atoms with Gasteiger partial charge in [0.05, 0.1) is 23.5 Å². The van der Waals surface area contributed by atoms with E-state index in [1.165, 1.54) is 6.07 Å². The van der Waals surface area contributed by atoms with Gasteiger partial charge >= 0.3 is 6.18 Å². The van der Waals surface area contributed by atoms with Crippen molar-refractivity contribution in [1.82, 2.24) is 4.90 Å². The maximum atomic E-state index is 12.9. The van der Waals surface area contributed by atoms with Crippen LogP contribution in [0.3, 0.4) is 0 Å². The Morgan fingerprint density at radius 1 is 1.25 bits per heavy atom. The zero-order valence-corrected chi connectivity index (χ0v) is 13.7. The monoisotopic (exact) mass is 365 g/mol. The van der Waals surface area contributed by atoms with Crippen molar-refractivity contribution in [1.29, 1.82) is 0 Å². The molecule has 1 saturated heterocycles. The van der Waals surface area contributed by atoms with Gasteiger partial charge in [-0.1, -0.05) is 0 Å². The predicted octanol–water partition coefficient (Wildman–Crippen LogP) is 2.00. The number of piperazine rings is 1. The summed E-state index contributed by atoms with van der Waals surface area (Å²) in [6.45, 7) is 3.19. The van der Waals surface area contributed by atoms with Crippen LogP contribution in [0.1, 0.15) is 5.56 Å². The summed E-state index contributed by atoms with van der Waals surface area (Å²) >= 11 is 5.45. The van der Waals surface area contributed by atoms with Crippen LogP contribution in [-0.2, 0) is 11.0 Å². The highest BCUT2D eigenvalue weighted by Gasteiger charge is 2.32. The summed E-state index contributed by atoms with van der Waals surface area (Å²) in [5, 5.41) is 11.4. The molecule has 2 N–H and O–H groups in total. The number of aliphatic hydroxyl groups excluding tert-OH is 1. The first-order chi connectivity index (χ1) is 11.3. The third-order valence-electron chi connectivity index (χ3n) is 3.85. The first kappa shape index (κ1) is 18.8. The van der Waals surface area contributed by atoms with Crippen LogP contribution < -0.4 is 10.2 Å². The van der Waals surface area contributed by atoms with E-state index in [9.17, 15) is 18.0 Å². The van der Waals surface area contributed by atoms with Crippen LogP contribution in [0.25, 0.3) is 0 Å². The van der Waals surface area contributed by atoms with Gasteiger partial charge in [0.2, 0.25) is 5.91 Å². The molecular weight excluding hydrogens is 347 g/mol. The van der Waals surface area contributed by atoms with Crippen molar-refractivity contribution < 1.29 is 23.1 Å². The standard InChI is InChI=1S/C15H19ClF3N3O2/c16-10-14(24)20-12-9-11(15(17,18)19)1-2-13(12)22-5-3-21(4-6-22)7-8-23/h1-2,9,23H,3-8,10H2,(H,20,24). The van der Waals surface area contributed by atoms with E-state index in [0.717, 1.165) is 12.1 Å². The van der Waals surface area contributed by atoms with E-state index in [-0.39, 0.29) is 18.2 Å². The Labute approximate surface area is 143 Å². The van der Waals surface area contributed by atoms with E-state index in [0.29, 0.717) is 38.4 Å². The molecule has 1 aliphatic rings. The van der Waals surface area contributed by atoms with E-state index in [1.807, 2.05) is 4.90 Å². The van der Waals surface area contributed by atoms with Crippen molar-refractivity contribution in [2.45, 2.75) is 6.18 Å². The molecule has 0 spiro atoms. The van der Waals surface area contributed by atoms with Gasteiger partial charge < -0.3 is 15.3 Å². The summed E-state index contributed by atoms with van der Waals surface area (Å²) < 4.78 is 38.7. The van der Waals surface area contributed by atoms with Gasteiger partial charge in [0.15, 0.2) is 0 Å². The Hall–Kier alpha value is -1.51. The second-order valence-electron chi connectivity index (χ2n) is 5.46. The molecule has 134 valence electrons. The topological polar surface area (TPSA) is 55.8 Å². The van der Waals surface area contributed by atoms with Crippen LogP contribution in [-0.4, -0.2) is 61.1 Å². The molecule has 1 aliphatic heterocycles. The van der Waals surface area contributed by atoms with Crippen LogP contribution in [0.5, 0.6) is 0 Å². The number of halogens is 4. The van der Waals surface area contributed by atoms with Gasteiger partial charge in [0, 0.05) is 32.7 Å². The van der Waals surface area contributed by atoms with Crippen molar-refractivity contribution in [2.24, 2.45) is 0 Å². The van der Waals surface area contributed by atoms with E-state index in [4.69, 9.17) is 16.7 Å². The van der Waals surface area contributed by atoms with Crippen molar-refractivity contribution in [3.63, 3.8) is 0 Å². The minimum atomic E-state index is -4.49. The number of aliphatic hydroxyl groups is 1. The Morgan fingerprint density at radius 3 is 2.46 bits per heavy atom. The molecule has 1 fully saturated rings. The molecule has 0 radical (unpaired) electrons. The molecule has 1 aromatic rings. The SMILES string of the molecule is O=C(CCl)Nc1cc(C(F)(F)F)ccc1N1CCN(CCO)CC1. The average molecular weight is 366 g/mol. The van der Waals surface area contributed by atoms with Gasteiger partial charge in [0.1, 0.15) is 5.88 Å². The lowest BCUT2D eigenvalue weighted by molar-refractivity contribution is -0.137. The number of nitrogens with zero attached hydrogens (tertiary/aromatic N) is 2. The number of hydrogen-bond donors (Lipinski definition) is 2. The summed E-state index contributed by atoms with van der Waals surface area (Å²) in [6.07, 6.45) is -4.49. The van der Waals surface area contributed by atoms with Crippen LogP contribution in [0.15, 0.2) is 18.2 Å². The molecule has 1 aromatic carbocycles. The number of amides is 1. The number of nitrogens with one attached hydrogen (secondary N) is 1. The van der Waals surface area contributed by atoms with Gasteiger partial charge in [-0.2, -0.15) is 13.2 Å². The molecule has 1 amide bonds. The number of β-amino-alcohol motifs (C(OH)–C–C–N with tert-alkyl or cyclic N) is 1. The first-order valence-corrected chi connectivity index (χ1v) is 8.04. The van der Waals surface area contributed by atoms with Crippen molar-refractivity contribution >= 4 is 28.9 Å². The van der Waals surface area contributed by atoms with Gasteiger partial charge in [-0.15, -0.1) is 11.6 Å². The van der Waals surface area contributed by atoms with Crippen LogP contribution in [0, 0.1) is 0 Å². The third kappa shape index (κ3) is 4.75. The molecule has 0 aromatic heterocycles. The fourth-order valence-corrected chi connectivity index (χ4v) is 2.69. The number of benzene rings is 1. The second kappa shape index (κ2) is 8.04. The van der Waals surface area contributed by atoms with Crippen LogP contribution in [0.2, 0.25) is 0 Å². The summed E-state index contributed by atoms with van der Waals surface area (Å²) in [5.41, 5.74) is -0.189. The lowest BCUT2D eigenvalue weighted by Gasteiger charge is -2.36. The summed E-state index contributed by atoms with van der Waals surface area (Å²) in [4.78, 5) is 15.5. The largest absolute Gasteiger partial charge is 0.416 e. The van der Waals surface area contributed by atoms with E-state index in [2.05, 4.69) is 10.2 Å². The highest BCUT2D eigenvalue weighted by molar-refractivity contribution is 6.29. The van der Waals surface area contributed by atoms with Crippen molar-refractivity contribution in [3.05, 3.63) is 23.8 Å². The normalized spacial score (nSPS) is 16.3. The average Bonchev–Trinajstić information content (AvgIpc) is 2.55. The lowest BCUT2D eigenvalue weighted by atomic mass is 10.1. The first-order valence-electron chi connectivity index (χ1n) is 7.50. The maximum Gasteiger partial charge on any atom is 0.416 e. The molecule has 0 aliphatic carbocycles. The molecule has 24 heavy (non-hydrogen) atoms. The fourth-order valence-electron chi connectivity index (χ4n) is 2.63. The van der Waals surface area contributed by atoms with Gasteiger partial charge in [-0.3, -0.25) is 9.69 Å². The molecule has 2 rings (SSSR count). The summed E-state index contributed by atoms with van der Waals surface area (Å²) in [5.74, 6) is -0.892. The van der Waals surface area contributed by atoms with Gasteiger partial charge in [-0.05, 0) is 18.2 Å². The molecule has 9 heteroatoms. The molecular formula is C15H19ClF3N3O2. The van der Waals surface area contributed by atoms with Crippen LogP contribution in [0.4, 0.5) is 24.5 Å². The van der Waals surface area contributed by atoms with Crippen molar-refractivity contribution in [3.8, 4) is 0 Å². The fraction of sp³-hybridized carbons (Fsp3) is 0.533. The van der Waals surface area contributed by atoms with E-state index in [1.54, 1.807) is 0 Å². The minimum absolute atomic E-state index is 0.0668. The Bertz CT molecular complexity index is 576. The van der Waals surface area contributed by atoms with Crippen molar-refractivity contribution in [2.75, 3.05) is 55.4 Å². The Morgan fingerprint density at radius 2 is 1.92 bits per heavy atom. The number of anilines is 2. The number of hydrogen-bond acceptors (Lipinski definition) is 4. The van der Waals surface area contributed by atoms with E-state index < -0.39 is 17.6 Å². The number of carbonyl (C=O) groups excluding carboxylic acids is 1. The van der Waals surface area contributed by atoms with Crippen LogP contribution >= 0.6 is 11.6 Å². The Balaban J connectivity index is 2.23. The quantitative estimate of drug-likeness (QED) is 0.784. The summed E-state index contributed by atoms with van der Waals surface area (Å²) in [6, 6.07) is 3.31. The number of alkyl halides is 4. The second-order valence-corrected chi connectivity index (χ2v) is 5.73. The molecule has 0 bridgehead atoms. The maximum absolute atomic E-state index is 12.9. The Kier molecular flexibility index (Phi) is 6.31. The van der Waals surface area contributed by atoms with Gasteiger partial charge in [-0.25, -0.2) is 0 Å². The number of carbonyl (C=O) groups is 1. The minimum Gasteiger partial charge on any atom is -0.395 e. The molecule has 0 saturated carbocycles. The van der Waals surface area contributed by atoms with E-state index >= 15 is 0 Å². The number of rotatable bonds is 5. The van der Waals surface area contributed by atoms with Gasteiger partial charge in [0.25, 0.3) is 0 Å². The zero-order valence-electron chi connectivity index (χ0n) is 12.9. The third-order valence-corrected chi connectivity index (χ3v) is 4.09. The summed E-state index contributed by atoms with van der Waals surface area (Å²) in [7, 11) is 0. The molecule has 0 unspecified atom stereocenters. The lowest BCUT2D eigenvalue weighted by Crippen LogP contribution is -2.47. The highest BCUT2D eigenvalue weighted by Crippen LogP contribution is 2.35. The molecule has 5 nitrogen and oxygen atoms in total.